The fourth-order valence-electron chi connectivity index (χ4n) is 2.96. The highest BCUT2D eigenvalue weighted by molar-refractivity contribution is 7.91. The summed E-state index contributed by atoms with van der Waals surface area (Å²) in [6.45, 7) is 1.36. The van der Waals surface area contributed by atoms with Crippen molar-refractivity contribution in [2.24, 2.45) is 0 Å². The van der Waals surface area contributed by atoms with E-state index >= 15 is 0 Å². The van der Waals surface area contributed by atoms with E-state index in [0.29, 0.717) is 12.1 Å². The van der Waals surface area contributed by atoms with Crippen molar-refractivity contribution in [3.05, 3.63) is 58.9 Å². The van der Waals surface area contributed by atoms with Crippen LogP contribution in [0.15, 0.2) is 38.5 Å². The van der Waals surface area contributed by atoms with E-state index in [2.05, 4.69) is 5.32 Å². The molecule has 25 heavy (non-hydrogen) atoms. The van der Waals surface area contributed by atoms with Crippen LogP contribution >= 0.6 is 0 Å². The van der Waals surface area contributed by atoms with Crippen LogP contribution in [-0.2, 0) is 24.1 Å². The van der Waals surface area contributed by atoms with Gasteiger partial charge < -0.3 is 14.3 Å². The number of nitrogens with one attached hydrogen (secondary N) is 1. The maximum absolute atomic E-state index is 13.9. The largest absolute Gasteiger partial charge is 0.606 e. The van der Waals surface area contributed by atoms with E-state index in [4.69, 9.17) is 4.42 Å². The van der Waals surface area contributed by atoms with Crippen molar-refractivity contribution in [2.75, 3.05) is 6.54 Å². The van der Waals surface area contributed by atoms with Crippen LogP contribution in [0.5, 0.6) is 0 Å². The van der Waals surface area contributed by atoms with Crippen molar-refractivity contribution in [2.45, 2.75) is 22.8 Å². The molecule has 0 fully saturated rings. The lowest BCUT2D eigenvalue weighted by molar-refractivity contribution is 0.419. The number of rotatable bonds is 2. The second-order valence-corrected chi connectivity index (χ2v) is 7.07. The lowest BCUT2D eigenvalue weighted by Crippen LogP contribution is -2.22. The Labute approximate surface area is 142 Å². The van der Waals surface area contributed by atoms with Crippen LogP contribution in [0.25, 0.3) is 11.0 Å². The molecule has 1 atom stereocenters. The van der Waals surface area contributed by atoms with Crippen LogP contribution in [0.3, 0.4) is 0 Å². The molecule has 3 aromatic rings. The normalized spacial score (nSPS) is 15.4. The molecule has 1 aromatic heterocycles. The Kier molecular flexibility index (Phi) is 3.98. The Morgan fingerprint density at radius 1 is 1.04 bits per heavy atom. The summed E-state index contributed by atoms with van der Waals surface area (Å²) >= 11 is -2.44. The van der Waals surface area contributed by atoms with E-state index in [1.807, 2.05) is 0 Å². The Balaban J connectivity index is 1.82. The zero-order valence-corrected chi connectivity index (χ0v) is 13.5. The molecule has 2 aromatic carbocycles. The summed E-state index contributed by atoms with van der Waals surface area (Å²) in [6.07, 6.45) is 0.767. The minimum absolute atomic E-state index is 0.00523. The molecule has 2 heterocycles. The molecule has 1 unspecified atom stereocenters. The Morgan fingerprint density at radius 3 is 2.48 bits per heavy atom. The van der Waals surface area contributed by atoms with Crippen molar-refractivity contribution in [1.29, 1.82) is 0 Å². The third-order valence-corrected chi connectivity index (χ3v) is 5.57. The number of furan rings is 1. The van der Waals surface area contributed by atoms with E-state index in [0.717, 1.165) is 29.7 Å². The van der Waals surface area contributed by atoms with Crippen molar-refractivity contribution < 1.29 is 26.5 Å². The van der Waals surface area contributed by atoms with Crippen LogP contribution in [0.1, 0.15) is 11.3 Å². The quantitative estimate of drug-likeness (QED) is 0.425. The molecule has 8 heteroatoms. The number of hydrogen-bond acceptors (Lipinski definition) is 3. The van der Waals surface area contributed by atoms with Gasteiger partial charge in [-0.25, -0.2) is 8.78 Å². The monoisotopic (exact) mass is 369 g/mol. The summed E-state index contributed by atoms with van der Waals surface area (Å²) in [6, 6.07) is 4.52. The predicted octanol–water partition coefficient (Wildman–Crippen LogP) is 3.80. The molecular weight excluding hydrogens is 358 g/mol. The van der Waals surface area contributed by atoms with Gasteiger partial charge >= 0.3 is 0 Å². The number of hydrogen-bond donors (Lipinski definition) is 1. The standard InChI is InChI=1S/C17H11F4NO2S/c18-11-6-12(19)16(21)17(15(11)20)25(23)8-1-2-9-10-3-4-22-7-14(10)24-13(9)5-8/h1-2,5-6,22H,3-4,7H2. The molecular formula is C17H11F4NO2S. The number of fused-ring (bicyclic) bond motifs is 3. The van der Waals surface area contributed by atoms with Gasteiger partial charge in [-0.3, -0.25) is 0 Å². The molecule has 0 amide bonds. The van der Waals surface area contributed by atoms with Crippen molar-refractivity contribution in [3.63, 3.8) is 0 Å². The summed E-state index contributed by atoms with van der Waals surface area (Å²) in [5, 5.41) is 3.98. The highest BCUT2D eigenvalue weighted by atomic mass is 32.2. The molecule has 1 aliphatic rings. The molecule has 0 bridgehead atoms. The summed E-state index contributed by atoms with van der Waals surface area (Å²) in [4.78, 5) is -1.15. The molecule has 4 rings (SSSR count). The van der Waals surface area contributed by atoms with Gasteiger partial charge in [0.1, 0.15) is 11.3 Å². The molecule has 0 saturated carbocycles. The smallest absolute Gasteiger partial charge is 0.235 e. The molecule has 1 aliphatic heterocycles. The van der Waals surface area contributed by atoms with Crippen LogP contribution < -0.4 is 5.32 Å². The average molecular weight is 369 g/mol. The van der Waals surface area contributed by atoms with Crippen LogP contribution in [0, 0.1) is 23.3 Å². The zero-order chi connectivity index (χ0) is 17.7. The van der Waals surface area contributed by atoms with Crippen LogP contribution in [0.2, 0.25) is 0 Å². The SMILES string of the molecule is [O-][S+](c1ccc2c3c(oc2c1)CNCC3)c1c(F)c(F)cc(F)c1F. The highest BCUT2D eigenvalue weighted by Crippen LogP contribution is 2.34. The Morgan fingerprint density at radius 2 is 1.76 bits per heavy atom. The van der Waals surface area contributed by atoms with E-state index < -0.39 is 39.3 Å². The first-order valence-electron chi connectivity index (χ1n) is 7.47. The van der Waals surface area contributed by atoms with Crippen LogP contribution in [0.4, 0.5) is 17.6 Å². The first-order valence-corrected chi connectivity index (χ1v) is 8.62. The number of benzene rings is 2. The molecule has 0 saturated heterocycles. The first-order chi connectivity index (χ1) is 12.0. The Hall–Kier alpha value is -2.03. The summed E-state index contributed by atoms with van der Waals surface area (Å²) < 4.78 is 72.7. The van der Waals surface area contributed by atoms with E-state index in [1.54, 1.807) is 6.07 Å². The second kappa shape index (κ2) is 6.05. The van der Waals surface area contributed by atoms with Gasteiger partial charge in [0.2, 0.25) is 16.5 Å². The zero-order valence-electron chi connectivity index (χ0n) is 12.7. The van der Waals surface area contributed by atoms with E-state index in [9.17, 15) is 22.1 Å². The molecule has 130 valence electrons. The minimum atomic E-state index is -2.44. The maximum atomic E-state index is 13.9. The van der Waals surface area contributed by atoms with Gasteiger partial charge in [-0.1, -0.05) is 0 Å². The van der Waals surface area contributed by atoms with Gasteiger partial charge in [-0.15, -0.1) is 0 Å². The molecule has 0 radical (unpaired) electrons. The summed E-state index contributed by atoms with van der Waals surface area (Å²) in [5.41, 5.74) is 1.44. The lowest BCUT2D eigenvalue weighted by atomic mass is 10.1. The third-order valence-electron chi connectivity index (χ3n) is 4.16. The van der Waals surface area contributed by atoms with Crippen molar-refractivity contribution >= 4 is 22.1 Å². The minimum Gasteiger partial charge on any atom is -0.606 e. The van der Waals surface area contributed by atoms with Gasteiger partial charge in [0.25, 0.3) is 0 Å². The van der Waals surface area contributed by atoms with Crippen molar-refractivity contribution in [1.82, 2.24) is 5.32 Å². The average Bonchev–Trinajstić information content (AvgIpc) is 2.98. The van der Waals surface area contributed by atoms with Gasteiger partial charge in [0, 0.05) is 34.3 Å². The van der Waals surface area contributed by atoms with Gasteiger partial charge in [-0.2, -0.15) is 8.78 Å². The fraction of sp³-hybridized carbons (Fsp3) is 0.176. The molecule has 3 nitrogen and oxygen atoms in total. The second-order valence-electron chi connectivity index (χ2n) is 5.65. The molecule has 0 aliphatic carbocycles. The first kappa shape index (κ1) is 16.4. The number of halogens is 4. The highest BCUT2D eigenvalue weighted by Gasteiger charge is 2.31. The predicted molar refractivity (Wildman–Crippen MR) is 82.6 cm³/mol. The fourth-order valence-corrected chi connectivity index (χ4v) is 4.12. The topological polar surface area (TPSA) is 48.2 Å². The van der Waals surface area contributed by atoms with E-state index in [1.165, 1.54) is 12.1 Å². The summed E-state index contributed by atoms with van der Waals surface area (Å²) in [7, 11) is 0. The Bertz CT molecular complexity index is 962. The summed E-state index contributed by atoms with van der Waals surface area (Å²) in [5.74, 6) is -5.77. The van der Waals surface area contributed by atoms with Gasteiger partial charge in [0.05, 0.1) is 6.54 Å². The lowest BCUT2D eigenvalue weighted by Gasteiger charge is -2.12. The molecule has 0 spiro atoms. The molecule has 1 N–H and O–H groups in total. The van der Waals surface area contributed by atoms with Gasteiger partial charge in [0.15, 0.2) is 16.5 Å². The maximum Gasteiger partial charge on any atom is 0.235 e. The van der Waals surface area contributed by atoms with Crippen LogP contribution in [-0.4, -0.2) is 11.1 Å². The van der Waals surface area contributed by atoms with Gasteiger partial charge in [-0.05, 0) is 25.1 Å². The van der Waals surface area contributed by atoms with E-state index in [-0.39, 0.29) is 11.0 Å². The van der Waals surface area contributed by atoms with Crippen molar-refractivity contribution in [3.8, 4) is 0 Å². The third kappa shape index (κ3) is 2.61.